The Balaban J connectivity index is 1.44. The zero-order chi connectivity index (χ0) is 29.7. The highest BCUT2D eigenvalue weighted by Crippen LogP contribution is 2.40. The second-order valence-corrected chi connectivity index (χ2v) is 10.1. The highest BCUT2D eigenvalue weighted by atomic mass is 19.4. The number of hydrogen-bond donors (Lipinski definition) is 4. The summed E-state index contributed by atoms with van der Waals surface area (Å²) in [7, 11) is 0. The number of carbonyl (C=O) groups is 2. The average Bonchev–Trinajstić information content (AvgIpc) is 3.52. The van der Waals surface area contributed by atoms with Gasteiger partial charge in [-0.2, -0.15) is 26.3 Å². The van der Waals surface area contributed by atoms with Crippen molar-refractivity contribution in [3.05, 3.63) is 41.7 Å². The number of carbonyl (C=O) groups excluding carboxylic acids is 1. The Labute approximate surface area is 228 Å². The average molecular weight is 586 g/mol. The van der Waals surface area contributed by atoms with E-state index < -0.39 is 60.2 Å². The molecule has 2 aliphatic rings. The fourth-order valence-corrected chi connectivity index (χ4v) is 5.15. The number of alkyl halides is 6. The monoisotopic (exact) mass is 586 g/mol. The molecule has 2 aromatic heterocycles. The number of fused-ring (bicyclic) bond motifs is 1. The number of aromatic nitrogens is 3. The Morgan fingerprint density at radius 3 is 2.54 bits per heavy atom. The molecule has 2 fully saturated rings. The van der Waals surface area contributed by atoms with Crippen LogP contribution in [0.1, 0.15) is 35.2 Å². The zero-order valence-electron chi connectivity index (χ0n) is 21.2. The maximum atomic E-state index is 13.9. The van der Waals surface area contributed by atoms with Crippen LogP contribution in [0.4, 0.5) is 37.1 Å². The van der Waals surface area contributed by atoms with Crippen molar-refractivity contribution >= 4 is 28.9 Å². The lowest BCUT2D eigenvalue weighted by Gasteiger charge is -2.31. The number of amides is 2. The van der Waals surface area contributed by atoms with Gasteiger partial charge in [-0.3, -0.25) is 4.79 Å². The lowest BCUT2D eigenvalue weighted by molar-refractivity contribution is -0.253. The molecule has 2 amide bonds. The molecule has 0 spiro atoms. The van der Waals surface area contributed by atoms with E-state index in [-0.39, 0.29) is 41.1 Å². The minimum atomic E-state index is -4.91. The Morgan fingerprint density at radius 2 is 1.88 bits per heavy atom. The van der Waals surface area contributed by atoms with Crippen molar-refractivity contribution in [3.63, 3.8) is 0 Å². The van der Waals surface area contributed by atoms with Crippen molar-refractivity contribution < 1.29 is 46.1 Å². The second-order valence-electron chi connectivity index (χ2n) is 10.1. The molecule has 5 rings (SSSR count). The van der Waals surface area contributed by atoms with Crippen molar-refractivity contribution in [2.75, 3.05) is 31.5 Å². The van der Waals surface area contributed by atoms with E-state index in [1.165, 1.54) is 29.3 Å². The van der Waals surface area contributed by atoms with Crippen LogP contribution >= 0.6 is 0 Å². The van der Waals surface area contributed by atoms with Gasteiger partial charge in [0.1, 0.15) is 5.56 Å². The summed E-state index contributed by atoms with van der Waals surface area (Å²) in [4.78, 5) is 37.0. The zero-order valence-corrected chi connectivity index (χ0v) is 21.2. The first-order chi connectivity index (χ1) is 19.2. The number of aromatic amines is 1. The fourth-order valence-electron chi connectivity index (χ4n) is 5.15. The molecule has 2 aliphatic heterocycles. The van der Waals surface area contributed by atoms with Crippen LogP contribution < -0.4 is 5.32 Å². The van der Waals surface area contributed by atoms with Crippen molar-refractivity contribution in [1.82, 2.24) is 24.8 Å². The van der Waals surface area contributed by atoms with Gasteiger partial charge in [0.2, 0.25) is 5.95 Å². The number of H-pyrrole nitrogens is 1. The number of benzene rings is 1. The van der Waals surface area contributed by atoms with Crippen molar-refractivity contribution in [1.29, 1.82) is 0 Å². The van der Waals surface area contributed by atoms with Crippen LogP contribution in [-0.2, 0) is 6.18 Å². The highest BCUT2D eigenvalue weighted by Gasteiger charge is 2.57. The van der Waals surface area contributed by atoms with E-state index in [1.54, 1.807) is 0 Å². The van der Waals surface area contributed by atoms with Crippen LogP contribution in [0, 0.1) is 0 Å². The number of halogens is 6. The third kappa shape index (κ3) is 5.47. The predicted molar refractivity (Wildman–Crippen MR) is 132 cm³/mol. The molecule has 2 atom stereocenters. The first-order valence-corrected chi connectivity index (χ1v) is 12.5. The second kappa shape index (κ2) is 10.1. The number of likely N-dealkylation sites (tertiary alicyclic amines) is 2. The minimum absolute atomic E-state index is 0.0151. The molecule has 4 N–H and O–H groups in total. The largest absolute Gasteiger partial charge is 0.465 e. The molecule has 0 saturated carbocycles. The van der Waals surface area contributed by atoms with Gasteiger partial charge < -0.3 is 30.3 Å². The van der Waals surface area contributed by atoms with E-state index in [4.69, 9.17) is 0 Å². The van der Waals surface area contributed by atoms with Crippen molar-refractivity contribution in [3.8, 4) is 11.3 Å². The van der Waals surface area contributed by atoms with Crippen LogP contribution in [0.15, 0.2) is 30.6 Å². The molecular weight excluding hydrogens is 562 g/mol. The molecule has 16 heteroatoms. The first-order valence-electron chi connectivity index (χ1n) is 12.5. The molecule has 1 aromatic carbocycles. The molecular formula is C25H24F6N6O4. The standard InChI is InChI=1S/C25H24F6N6O4/c26-24(27,28)17-10-33-21(34-14-2-1-6-36(11-14)22(39)40)35-19(17)16-9-32-18-8-13(3-4-15(16)18)20(38)37-7-5-23(41,12-37)25(29,30)31/h3-4,8-10,14,32,41H,1-2,5-7,11-12H2,(H,39,40)(H,33,34,35)/t14-,23+/m0/s1. The quantitative estimate of drug-likeness (QED) is 0.334. The van der Waals surface area contributed by atoms with E-state index in [1.807, 2.05) is 0 Å². The number of anilines is 1. The molecule has 0 aliphatic carbocycles. The summed E-state index contributed by atoms with van der Waals surface area (Å²) < 4.78 is 81.3. The number of nitrogens with zero attached hydrogens (tertiary/aromatic N) is 4. The predicted octanol–water partition coefficient (Wildman–Crippen LogP) is 4.34. The first kappa shape index (κ1) is 28.4. The number of hydrogen-bond acceptors (Lipinski definition) is 6. The SMILES string of the molecule is O=C(O)N1CCC[C@H](Nc2ncc(C(F)(F)F)c(-c3c[nH]c4cc(C(=O)N5CC[C@](O)(C(F)(F)F)C5)ccc34)n2)C1. The highest BCUT2D eigenvalue weighted by molar-refractivity contribution is 6.02. The molecule has 0 bridgehead atoms. The lowest BCUT2D eigenvalue weighted by Crippen LogP contribution is -2.48. The Morgan fingerprint density at radius 1 is 1.12 bits per heavy atom. The van der Waals surface area contributed by atoms with Gasteiger partial charge in [0, 0.05) is 66.5 Å². The summed E-state index contributed by atoms with van der Waals surface area (Å²) in [6.45, 7) is -0.802. The molecule has 2 saturated heterocycles. The topological polar surface area (TPSA) is 135 Å². The Bertz CT molecular complexity index is 1490. The van der Waals surface area contributed by atoms with Gasteiger partial charge in [-0.15, -0.1) is 0 Å². The number of aliphatic hydroxyl groups is 1. The molecule has 4 heterocycles. The minimum Gasteiger partial charge on any atom is -0.465 e. The van der Waals surface area contributed by atoms with E-state index >= 15 is 0 Å². The van der Waals surface area contributed by atoms with Gasteiger partial charge in [-0.25, -0.2) is 14.8 Å². The van der Waals surface area contributed by atoms with Gasteiger partial charge >= 0.3 is 18.4 Å². The van der Waals surface area contributed by atoms with Gasteiger partial charge in [0.15, 0.2) is 5.60 Å². The normalized spacial score (nSPS) is 21.9. The summed E-state index contributed by atoms with van der Waals surface area (Å²) >= 11 is 0. The molecule has 0 unspecified atom stereocenters. The fraction of sp³-hybridized carbons (Fsp3) is 0.440. The van der Waals surface area contributed by atoms with Crippen molar-refractivity contribution in [2.24, 2.45) is 0 Å². The summed E-state index contributed by atoms with van der Waals surface area (Å²) in [5.41, 5.74) is -4.33. The van der Waals surface area contributed by atoms with Crippen LogP contribution in [0.5, 0.6) is 0 Å². The number of piperidine rings is 1. The number of rotatable bonds is 4. The Hall–Kier alpha value is -4.08. The van der Waals surface area contributed by atoms with Gasteiger partial charge in [0.25, 0.3) is 5.91 Å². The van der Waals surface area contributed by atoms with E-state index in [9.17, 15) is 46.1 Å². The summed E-state index contributed by atoms with van der Waals surface area (Å²) in [5, 5.41) is 22.3. The van der Waals surface area contributed by atoms with E-state index in [2.05, 4.69) is 20.3 Å². The van der Waals surface area contributed by atoms with Crippen LogP contribution in [0.3, 0.4) is 0 Å². The van der Waals surface area contributed by atoms with Crippen LogP contribution in [-0.4, -0.2) is 91.0 Å². The van der Waals surface area contributed by atoms with Crippen LogP contribution in [0.2, 0.25) is 0 Å². The van der Waals surface area contributed by atoms with E-state index in [0.29, 0.717) is 25.6 Å². The van der Waals surface area contributed by atoms with Crippen LogP contribution in [0.25, 0.3) is 22.2 Å². The molecule has 0 radical (unpaired) electrons. The van der Waals surface area contributed by atoms with E-state index in [0.717, 1.165) is 4.90 Å². The maximum Gasteiger partial charge on any atom is 0.419 e. The van der Waals surface area contributed by atoms with Crippen molar-refractivity contribution in [2.45, 2.75) is 43.3 Å². The van der Waals surface area contributed by atoms with Gasteiger partial charge in [0.05, 0.1) is 12.2 Å². The van der Waals surface area contributed by atoms with Gasteiger partial charge in [-0.05, 0) is 25.0 Å². The summed E-state index contributed by atoms with van der Waals surface area (Å²) in [6, 6.07) is 3.54. The summed E-state index contributed by atoms with van der Waals surface area (Å²) in [6.07, 6.45) is -8.49. The number of nitrogens with one attached hydrogen (secondary N) is 2. The van der Waals surface area contributed by atoms with Gasteiger partial charge in [-0.1, -0.05) is 6.07 Å². The Kier molecular flexibility index (Phi) is 6.99. The third-order valence-corrected chi connectivity index (χ3v) is 7.37. The number of carboxylic acid groups (broad SMARTS) is 1. The maximum absolute atomic E-state index is 13.9. The summed E-state index contributed by atoms with van der Waals surface area (Å²) in [5.74, 6) is -0.895. The third-order valence-electron chi connectivity index (χ3n) is 7.37. The smallest absolute Gasteiger partial charge is 0.419 e. The molecule has 220 valence electrons. The molecule has 41 heavy (non-hydrogen) atoms. The molecule has 3 aromatic rings. The molecule has 10 nitrogen and oxygen atoms in total. The lowest BCUT2D eigenvalue weighted by atomic mass is 10.0. The number of β-amino-alcohol motifs (C(OH)–C–C–N with tert-alkyl or cyclic N) is 1.